The number of anilines is 2. The Labute approximate surface area is 132 Å². The van der Waals surface area contributed by atoms with E-state index in [0.717, 1.165) is 12.1 Å². The molecule has 2 heterocycles. The second-order valence-corrected chi connectivity index (χ2v) is 5.98. The van der Waals surface area contributed by atoms with Gasteiger partial charge in [-0.2, -0.15) is 0 Å². The van der Waals surface area contributed by atoms with Crippen molar-refractivity contribution in [2.24, 2.45) is 0 Å². The molecule has 2 aromatic rings. The molecule has 1 saturated heterocycles. The van der Waals surface area contributed by atoms with Crippen molar-refractivity contribution in [3.8, 4) is 0 Å². The highest BCUT2D eigenvalue weighted by atomic mass is 32.1. The summed E-state index contributed by atoms with van der Waals surface area (Å²) in [5.74, 6) is -0.0328. The van der Waals surface area contributed by atoms with Crippen LogP contribution in [-0.4, -0.2) is 25.2 Å². The lowest BCUT2D eigenvalue weighted by Crippen LogP contribution is -2.23. The molecule has 114 valence electrons. The SMILES string of the molecule is O=C(CCc1cccs1)Nc1cccc(N2CCOC2=O)c1. The minimum atomic E-state index is -0.346. The van der Waals surface area contributed by atoms with Crippen LogP contribution in [0.2, 0.25) is 0 Å². The van der Waals surface area contributed by atoms with E-state index in [9.17, 15) is 9.59 Å². The molecule has 1 N–H and O–H groups in total. The summed E-state index contributed by atoms with van der Waals surface area (Å²) in [6.45, 7) is 0.935. The van der Waals surface area contributed by atoms with Gasteiger partial charge in [-0.1, -0.05) is 12.1 Å². The first-order valence-electron chi connectivity index (χ1n) is 7.09. The molecule has 0 radical (unpaired) electrons. The number of carbonyl (C=O) groups is 2. The highest BCUT2D eigenvalue weighted by molar-refractivity contribution is 7.09. The van der Waals surface area contributed by atoms with Crippen LogP contribution >= 0.6 is 11.3 Å². The zero-order chi connectivity index (χ0) is 15.4. The van der Waals surface area contributed by atoms with Crippen LogP contribution in [0, 0.1) is 0 Å². The Hall–Kier alpha value is -2.34. The molecule has 0 bridgehead atoms. The topological polar surface area (TPSA) is 58.6 Å². The van der Waals surface area contributed by atoms with E-state index in [1.165, 1.54) is 4.88 Å². The molecule has 2 amide bonds. The van der Waals surface area contributed by atoms with Crippen molar-refractivity contribution in [2.45, 2.75) is 12.8 Å². The van der Waals surface area contributed by atoms with Gasteiger partial charge in [0.1, 0.15) is 6.61 Å². The molecule has 0 aliphatic carbocycles. The molecule has 1 aromatic carbocycles. The number of carbonyl (C=O) groups excluding carboxylic acids is 2. The van der Waals surface area contributed by atoms with Gasteiger partial charge in [0.2, 0.25) is 5.91 Å². The molecule has 22 heavy (non-hydrogen) atoms. The van der Waals surface area contributed by atoms with Gasteiger partial charge in [0.05, 0.1) is 6.54 Å². The average Bonchev–Trinajstić information content (AvgIpc) is 3.16. The van der Waals surface area contributed by atoms with E-state index in [4.69, 9.17) is 4.74 Å². The number of thiophene rings is 1. The van der Waals surface area contributed by atoms with Gasteiger partial charge in [0.25, 0.3) is 0 Å². The first kappa shape index (κ1) is 14.6. The third kappa shape index (κ3) is 3.46. The number of nitrogens with one attached hydrogen (secondary N) is 1. The summed E-state index contributed by atoms with van der Waals surface area (Å²) in [6.07, 6.45) is 0.833. The zero-order valence-electron chi connectivity index (χ0n) is 12.0. The van der Waals surface area contributed by atoms with E-state index >= 15 is 0 Å². The second-order valence-electron chi connectivity index (χ2n) is 4.94. The standard InChI is InChI=1S/C16H16N2O3S/c19-15(7-6-14-5-2-10-22-14)17-12-3-1-4-13(11-12)18-8-9-21-16(18)20/h1-5,10-11H,6-9H2,(H,17,19). The maximum Gasteiger partial charge on any atom is 0.414 e. The summed E-state index contributed by atoms with van der Waals surface area (Å²) in [6, 6.07) is 11.3. The molecular formula is C16H16N2O3S. The van der Waals surface area contributed by atoms with E-state index in [1.54, 1.807) is 22.3 Å². The largest absolute Gasteiger partial charge is 0.447 e. The molecule has 1 aliphatic rings. The quantitative estimate of drug-likeness (QED) is 0.921. The van der Waals surface area contributed by atoms with Crippen LogP contribution in [0.15, 0.2) is 41.8 Å². The van der Waals surface area contributed by atoms with Crippen molar-refractivity contribution < 1.29 is 14.3 Å². The predicted molar refractivity (Wildman–Crippen MR) is 86.4 cm³/mol. The van der Waals surface area contributed by atoms with Gasteiger partial charge in [0.15, 0.2) is 0 Å². The van der Waals surface area contributed by atoms with Crippen molar-refractivity contribution in [3.05, 3.63) is 46.7 Å². The molecule has 0 spiro atoms. The Morgan fingerprint density at radius 1 is 1.32 bits per heavy atom. The third-order valence-electron chi connectivity index (χ3n) is 3.38. The number of rotatable bonds is 5. The smallest absolute Gasteiger partial charge is 0.414 e. The van der Waals surface area contributed by atoms with Crippen molar-refractivity contribution in [2.75, 3.05) is 23.4 Å². The van der Waals surface area contributed by atoms with Crippen LogP contribution in [0.4, 0.5) is 16.2 Å². The van der Waals surface area contributed by atoms with Crippen molar-refractivity contribution in [1.29, 1.82) is 0 Å². The van der Waals surface area contributed by atoms with Crippen LogP contribution in [0.3, 0.4) is 0 Å². The molecular weight excluding hydrogens is 300 g/mol. The van der Waals surface area contributed by atoms with E-state index in [-0.39, 0.29) is 12.0 Å². The van der Waals surface area contributed by atoms with Crippen LogP contribution in [0.1, 0.15) is 11.3 Å². The number of aryl methyl sites for hydroxylation is 1. The van der Waals surface area contributed by atoms with Gasteiger partial charge < -0.3 is 10.1 Å². The van der Waals surface area contributed by atoms with Crippen LogP contribution < -0.4 is 10.2 Å². The predicted octanol–water partition coefficient (Wildman–Crippen LogP) is 3.28. The molecule has 0 atom stereocenters. The van der Waals surface area contributed by atoms with Gasteiger partial charge in [-0.05, 0) is 36.1 Å². The molecule has 0 saturated carbocycles. The van der Waals surface area contributed by atoms with E-state index in [2.05, 4.69) is 5.32 Å². The normalized spacial score (nSPS) is 14.0. The first-order chi connectivity index (χ1) is 10.7. The van der Waals surface area contributed by atoms with Gasteiger partial charge in [0, 0.05) is 22.7 Å². The lowest BCUT2D eigenvalue weighted by Gasteiger charge is -2.14. The molecule has 6 heteroatoms. The maximum absolute atomic E-state index is 12.0. The van der Waals surface area contributed by atoms with Crippen molar-refractivity contribution in [1.82, 2.24) is 0 Å². The zero-order valence-corrected chi connectivity index (χ0v) is 12.8. The van der Waals surface area contributed by atoms with Crippen LogP contribution in [0.25, 0.3) is 0 Å². The molecule has 0 unspecified atom stereocenters. The summed E-state index contributed by atoms with van der Waals surface area (Å²) in [7, 11) is 0. The maximum atomic E-state index is 12.0. The number of benzene rings is 1. The molecule has 3 rings (SSSR count). The number of hydrogen-bond donors (Lipinski definition) is 1. The Morgan fingerprint density at radius 3 is 2.95 bits per heavy atom. The Balaban J connectivity index is 1.60. The van der Waals surface area contributed by atoms with Gasteiger partial charge in [-0.25, -0.2) is 4.79 Å². The monoisotopic (exact) mass is 316 g/mol. The molecule has 5 nitrogen and oxygen atoms in total. The van der Waals surface area contributed by atoms with Crippen molar-refractivity contribution in [3.63, 3.8) is 0 Å². The Morgan fingerprint density at radius 2 is 2.23 bits per heavy atom. The van der Waals surface area contributed by atoms with Crippen LogP contribution in [0.5, 0.6) is 0 Å². The number of hydrogen-bond acceptors (Lipinski definition) is 4. The van der Waals surface area contributed by atoms with Crippen LogP contribution in [-0.2, 0) is 16.0 Å². The Bertz CT molecular complexity index is 670. The highest BCUT2D eigenvalue weighted by Gasteiger charge is 2.23. The minimum absolute atomic E-state index is 0.0328. The Kier molecular flexibility index (Phi) is 4.39. The number of cyclic esters (lactones) is 1. The second kappa shape index (κ2) is 6.62. The van der Waals surface area contributed by atoms with E-state index < -0.39 is 0 Å². The molecule has 1 aliphatic heterocycles. The van der Waals surface area contributed by atoms with Crippen molar-refractivity contribution >= 4 is 34.7 Å². The summed E-state index contributed by atoms with van der Waals surface area (Å²) >= 11 is 1.65. The highest BCUT2D eigenvalue weighted by Crippen LogP contribution is 2.22. The van der Waals surface area contributed by atoms with Gasteiger partial charge >= 0.3 is 6.09 Å². The number of ether oxygens (including phenoxy) is 1. The lowest BCUT2D eigenvalue weighted by molar-refractivity contribution is -0.116. The summed E-state index contributed by atoms with van der Waals surface area (Å²) in [4.78, 5) is 26.3. The molecule has 1 aromatic heterocycles. The van der Waals surface area contributed by atoms with E-state index in [1.807, 2.05) is 35.7 Å². The van der Waals surface area contributed by atoms with Gasteiger partial charge in [-0.15, -0.1) is 11.3 Å². The average molecular weight is 316 g/mol. The van der Waals surface area contributed by atoms with Gasteiger partial charge in [-0.3, -0.25) is 9.69 Å². The summed E-state index contributed by atoms with van der Waals surface area (Å²) in [5.41, 5.74) is 1.42. The molecule has 1 fully saturated rings. The minimum Gasteiger partial charge on any atom is -0.447 e. The lowest BCUT2D eigenvalue weighted by atomic mass is 10.2. The number of amides is 2. The fourth-order valence-corrected chi connectivity index (χ4v) is 3.00. The first-order valence-corrected chi connectivity index (χ1v) is 7.97. The number of nitrogens with zero attached hydrogens (tertiary/aromatic N) is 1. The fraction of sp³-hybridized carbons (Fsp3) is 0.250. The fourth-order valence-electron chi connectivity index (χ4n) is 2.29. The third-order valence-corrected chi connectivity index (χ3v) is 4.32. The summed E-state index contributed by atoms with van der Waals surface area (Å²) < 4.78 is 4.92. The summed E-state index contributed by atoms with van der Waals surface area (Å²) in [5, 5.41) is 4.88. The van der Waals surface area contributed by atoms with E-state index in [0.29, 0.717) is 25.3 Å².